The summed E-state index contributed by atoms with van der Waals surface area (Å²) in [4.78, 5) is 0. The van der Waals surface area contributed by atoms with Gasteiger partial charge in [0.2, 0.25) is 0 Å². The molecule has 0 saturated carbocycles. The minimum Gasteiger partial charge on any atom is -0.508 e. The summed E-state index contributed by atoms with van der Waals surface area (Å²) in [5.74, 6) is 0.193. The van der Waals surface area contributed by atoms with Gasteiger partial charge in [0.15, 0.2) is 0 Å². The van der Waals surface area contributed by atoms with Gasteiger partial charge in [0.05, 0.1) is 6.10 Å². The molecule has 0 fully saturated rings. The fraction of sp³-hybridized carbons (Fsp3) is 0.538. The summed E-state index contributed by atoms with van der Waals surface area (Å²) in [6, 6.07) is 7.16. The van der Waals surface area contributed by atoms with Crippen LogP contribution in [0.1, 0.15) is 38.4 Å². The molecule has 3 heteroatoms. The minimum atomic E-state index is -0.564. The van der Waals surface area contributed by atoms with Crippen molar-refractivity contribution in [3.8, 4) is 5.75 Å². The second-order valence-electron chi connectivity index (χ2n) is 4.21. The number of aromatic hydroxyl groups is 1. The molecule has 1 aromatic rings. The number of benzene rings is 1. The van der Waals surface area contributed by atoms with Gasteiger partial charge in [-0.05, 0) is 31.0 Å². The number of nitrogens with one attached hydrogen (secondary N) is 1. The van der Waals surface area contributed by atoms with E-state index in [4.69, 9.17) is 0 Å². The molecule has 3 N–H and O–H groups in total. The van der Waals surface area contributed by atoms with E-state index in [1.54, 1.807) is 18.2 Å². The van der Waals surface area contributed by atoms with Crippen LogP contribution < -0.4 is 5.32 Å². The lowest BCUT2D eigenvalue weighted by Crippen LogP contribution is -2.30. The van der Waals surface area contributed by atoms with Gasteiger partial charge in [0.25, 0.3) is 0 Å². The number of rotatable bonds is 6. The van der Waals surface area contributed by atoms with Gasteiger partial charge >= 0.3 is 0 Å². The van der Waals surface area contributed by atoms with Crippen LogP contribution in [0.3, 0.4) is 0 Å². The van der Waals surface area contributed by atoms with Crippen LogP contribution in [0, 0.1) is 0 Å². The zero-order chi connectivity index (χ0) is 12.0. The largest absolute Gasteiger partial charge is 0.508 e. The average Bonchev–Trinajstić information content (AvgIpc) is 2.26. The zero-order valence-corrected chi connectivity index (χ0v) is 9.98. The Hall–Kier alpha value is -1.06. The third-order valence-corrected chi connectivity index (χ3v) is 2.64. The number of aliphatic hydroxyl groups excluding tert-OH is 1. The van der Waals surface area contributed by atoms with Crippen LogP contribution in [0.5, 0.6) is 5.75 Å². The number of phenols is 1. The summed E-state index contributed by atoms with van der Waals surface area (Å²) in [6.45, 7) is 4.77. The highest BCUT2D eigenvalue weighted by Crippen LogP contribution is 2.17. The average molecular weight is 223 g/mol. The van der Waals surface area contributed by atoms with E-state index in [0.29, 0.717) is 12.6 Å². The molecule has 0 spiro atoms. The molecule has 0 bridgehead atoms. The van der Waals surface area contributed by atoms with Crippen molar-refractivity contribution in [2.45, 2.75) is 38.8 Å². The Morgan fingerprint density at radius 2 is 2.12 bits per heavy atom. The first kappa shape index (κ1) is 13.0. The molecule has 0 amide bonds. The van der Waals surface area contributed by atoms with E-state index >= 15 is 0 Å². The summed E-state index contributed by atoms with van der Waals surface area (Å²) in [7, 11) is 0. The molecule has 0 aliphatic rings. The summed E-state index contributed by atoms with van der Waals surface area (Å²) < 4.78 is 0. The Labute approximate surface area is 97.1 Å². The lowest BCUT2D eigenvalue weighted by atomic mass is 10.1. The first-order chi connectivity index (χ1) is 7.63. The predicted octanol–water partition coefficient (Wildman–Crippen LogP) is 2.20. The van der Waals surface area contributed by atoms with Gasteiger partial charge in [0, 0.05) is 12.6 Å². The highest BCUT2D eigenvalue weighted by Gasteiger charge is 2.09. The number of aliphatic hydroxyl groups is 1. The zero-order valence-electron chi connectivity index (χ0n) is 9.98. The molecule has 2 atom stereocenters. The molecular weight excluding hydrogens is 202 g/mol. The Morgan fingerprint density at radius 1 is 1.38 bits per heavy atom. The third-order valence-electron chi connectivity index (χ3n) is 2.64. The van der Waals surface area contributed by atoms with Crippen LogP contribution in [0.15, 0.2) is 24.3 Å². The molecule has 0 aromatic heterocycles. The molecule has 1 rings (SSSR count). The van der Waals surface area contributed by atoms with Crippen molar-refractivity contribution >= 4 is 0 Å². The molecule has 3 nitrogen and oxygen atoms in total. The van der Waals surface area contributed by atoms with Gasteiger partial charge < -0.3 is 15.5 Å². The van der Waals surface area contributed by atoms with Crippen molar-refractivity contribution in [1.29, 1.82) is 0 Å². The summed E-state index contributed by atoms with van der Waals surface area (Å²) >= 11 is 0. The van der Waals surface area contributed by atoms with E-state index in [1.165, 1.54) is 0 Å². The van der Waals surface area contributed by atoms with E-state index in [1.807, 2.05) is 6.07 Å². The Balaban J connectivity index is 2.43. The first-order valence-corrected chi connectivity index (χ1v) is 5.84. The molecule has 0 aliphatic carbocycles. The van der Waals surface area contributed by atoms with Crippen molar-refractivity contribution in [3.05, 3.63) is 29.8 Å². The molecule has 0 unspecified atom stereocenters. The van der Waals surface area contributed by atoms with E-state index in [9.17, 15) is 10.2 Å². The molecular formula is C13H21NO2. The normalized spacial score (nSPS) is 14.7. The van der Waals surface area contributed by atoms with Crippen molar-refractivity contribution < 1.29 is 10.2 Å². The molecule has 0 radical (unpaired) electrons. The van der Waals surface area contributed by atoms with Gasteiger partial charge in [-0.1, -0.05) is 25.5 Å². The number of hydrogen-bond donors (Lipinski definition) is 3. The molecule has 90 valence electrons. The Kier molecular flexibility index (Phi) is 5.29. The standard InChI is InChI=1S/C13H21NO2/c1-3-5-10(2)14-9-13(16)11-6-4-7-12(15)8-11/h4,6-8,10,13-16H,3,5,9H2,1-2H3/t10-,13-/m1/s1. The molecule has 0 heterocycles. The van der Waals surface area contributed by atoms with E-state index in [0.717, 1.165) is 18.4 Å². The van der Waals surface area contributed by atoms with Gasteiger partial charge in [-0.25, -0.2) is 0 Å². The minimum absolute atomic E-state index is 0.193. The molecule has 16 heavy (non-hydrogen) atoms. The van der Waals surface area contributed by atoms with Gasteiger partial charge in [-0.2, -0.15) is 0 Å². The lowest BCUT2D eigenvalue weighted by Gasteiger charge is -2.16. The lowest BCUT2D eigenvalue weighted by molar-refractivity contribution is 0.169. The number of hydrogen-bond acceptors (Lipinski definition) is 3. The highest BCUT2D eigenvalue weighted by atomic mass is 16.3. The third kappa shape index (κ3) is 4.21. The quantitative estimate of drug-likeness (QED) is 0.693. The van der Waals surface area contributed by atoms with E-state index in [2.05, 4.69) is 19.2 Å². The molecule has 0 saturated heterocycles. The van der Waals surface area contributed by atoms with E-state index in [-0.39, 0.29) is 5.75 Å². The fourth-order valence-electron chi connectivity index (χ4n) is 1.70. The van der Waals surface area contributed by atoms with Gasteiger partial charge in [-0.3, -0.25) is 0 Å². The predicted molar refractivity (Wildman–Crippen MR) is 65.4 cm³/mol. The van der Waals surface area contributed by atoms with Crippen molar-refractivity contribution in [3.63, 3.8) is 0 Å². The second kappa shape index (κ2) is 6.51. The summed E-state index contributed by atoms with van der Waals surface area (Å²) in [5.41, 5.74) is 0.746. The SMILES string of the molecule is CCC[C@@H](C)NC[C@@H](O)c1cccc(O)c1. The second-order valence-corrected chi connectivity index (χ2v) is 4.21. The fourth-order valence-corrected chi connectivity index (χ4v) is 1.70. The van der Waals surface area contributed by atoms with Crippen LogP contribution in [0.4, 0.5) is 0 Å². The van der Waals surface area contributed by atoms with E-state index < -0.39 is 6.10 Å². The van der Waals surface area contributed by atoms with Crippen LogP contribution >= 0.6 is 0 Å². The summed E-state index contributed by atoms with van der Waals surface area (Å²) in [5, 5.41) is 22.5. The van der Waals surface area contributed by atoms with Crippen molar-refractivity contribution in [2.24, 2.45) is 0 Å². The molecule has 0 aliphatic heterocycles. The number of phenolic OH excluding ortho intramolecular Hbond substituents is 1. The maximum absolute atomic E-state index is 9.89. The molecule has 1 aromatic carbocycles. The Bertz CT molecular complexity index is 315. The highest BCUT2D eigenvalue weighted by molar-refractivity contribution is 5.28. The monoisotopic (exact) mass is 223 g/mol. The van der Waals surface area contributed by atoms with Crippen LogP contribution in [-0.4, -0.2) is 22.8 Å². The van der Waals surface area contributed by atoms with Gasteiger partial charge in [0.1, 0.15) is 5.75 Å². The summed E-state index contributed by atoms with van der Waals surface area (Å²) in [6.07, 6.45) is 1.68. The van der Waals surface area contributed by atoms with Crippen molar-refractivity contribution in [2.75, 3.05) is 6.54 Å². The maximum atomic E-state index is 9.89. The Morgan fingerprint density at radius 3 is 2.75 bits per heavy atom. The van der Waals surface area contributed by atoms with Crippen molar-refractivity contribution in [1.82, 2.24) is 5.32 Å². The smallest absolute Gasteiger partial charge is 0.115 e. The maximum Gasteiger partial charge on any atom is 0.115 e. The van der Waals surface area contributed by atoms with Crippen LogP contribution in [-0.2, 0) is 0 Å². The first-order valence-electron chi connectivity index (χ1n) is 5.84. The van der Waals surface area contributed by atoms with Crippen LogP contribution in [0.25, 0.3) is 0 Å². The topological polar surface area (TPSA) is 52.5 Å². The van der Waals surface area contributed by atoms with Gasteiger partial charge in [-0.15, -0.1) is 0 Å². The van der Waals surface area contributed by atoms with Crippen LogP contribution in [0.2, 0.25) is 0 Å².